The minimum absolute atomic E-state index is 0.0627. The van der Waals surface area contributed by atoms with Gasteiger partial charge in [-0.1, -0.05) is 36.4 Å². The highest BCUT2D eigenvalue weighted by Crippen LogP contribution is 2.17. The van der Waals surface area contributed by atoms with Crippen molar-refractivity contribution in [2.75, 3.05) is 0 Å². The summed E-state index contributed by atoms with van der Waals surface area (Å²) < 4.78 is 13.7. The third kappa shape index (κ3) is 2.90. The zero-order valence-electron chi connectivity index (χ0n) is 11.5. The topological polar surface area (TPSA) is 50.7 Å². The van der Waals surface area contributed by atoms with Crippen molar-refractivity contribution in [1.29, 1.82) is 0 Å². The van der Waals surface area contributed by atoms with E-state index in [1.165, 1.54) is 6.07 Å². The van der Waals surface area contributed by atoms with Gasteiger partial charge in [0.25, 0.3) is 0 Å². The minimum atomic E-state index is -0.295. The lowest BCUT2D eigenvalue weighted by Crippen LogP contribution is -2.11. The van der Waals surface area contributed by atoms with Gasteiger partial charge in [0.05, 0.1) is 11.6 Å². The molecule has 2 N–H and O–H groups in total. The van der Waals surface area contributed by atoms with E-state index in [-0.39, 0.29) is 11.9 Å². The van der Waals surface area contributed by atoms with Crippen LogP contribution >= 0.6 is 0 Å². The summed E-state index contributed by atoms with van der Waals surface area (Å²) in [4.78, 5) is 8.76. The number of aliphatic imine (C=N–C) groups is 2. The van der Waals surface area contributed by atoms with E-state index in [4.69, 9.17) is 5.73 Å². The summed E-state index contributed by atoms with van der Waals surface area (Å²) in [6.07, 6.45) is 2.50. The van der Waals surface area contributed by atoms with Crippen LogP contribution in [0.1, 0.15) is 16.7 Å². The molecule has 0 saturated heterocycles. The van der Waals surface area contributed by atoms with Gasteiger partial charge in [0.1, 0.15) is 5.82 Å². The van der Waals surface area contributed by atoms with Crippen molar-refractivity contribution >= 4 is 12.1 Å². The molecule has 1 aliphatic rings. The van der Waals surface area contributed by atoms with Crippen LogP contribution in [0.5, 0.6) is 0 Å². The third-order valence-electron chi connectivity index (χ3n) is 3.54. The van der Waals surface area contributed by atoms with Crippen LogP contribution in [0.25, 0.3) is 0 Å². The molecular weight excluding hydrogens is 265 g/mol. The number of rotatable bonds is 4. The van der Waals surface area contributed by atoms with Crippen LogP contribution in [0.2, 0.25) is 0 Å². The number of benzene rings is 2. The average molecular weight is 281 g/mol. The quantitative estimate of drug-likeness (QED) is 0.920. The van der Waals surface area contributed by atoms with Crippen LogP contribution in [-0.2, 0) is 13.0 Å². The molecular formula is C17H16FN3. The number of halogens is 1. The second kappa shape index (κ2) is 5.97. The first-order valence-electron chi connectivity index (χ1n) is 6.91. The Labute approximate surface area is 123 Å². The lowest BCUT2D eigenvalue weighted by atomic mass is 10.0. The fourth-order valence-corrected chi connectivity index (χ4v) is 2.44. The van der Waals surface area contributed by atoms with E-state index in [0.29, 0.717) is 17.9 Å². The van der Waals surface area contributed by atoms with Gasteiger partial charge in [-0.05, 0) is 23.3 Å². The van der Waals surface area contributed by atoms with Gasteiger partial charge in [-0.25, -0.2) is 9.38 Å². The average Bonchev–Trinajstić information content (AvgIpc) is 2.96. The SMILES string of the molecule is NCc1ccccc1CC1C=NC(c2ccccc2F)=N1. The number of amidine groups is 1. The molecule has 0 spiro atoms. The zero-order chi connectivity index (χ0) is 14.7. The lowest BCUT2D eigenvalue weighted by Gasteiger charge is -2.09. The van der Waals surface area contributed by atoms with E-state index < -0.39 is 0 Å². The summed E-state index contributed by atoms with van der Waals surface area (Å²) in [6, 6.07) is 14.5. The Morgan fingerprint density at radius 3 is 2.48 bits per heavy atom. The van der Waals surface area contributed by atoms with Crippen LogP contribution in [0.4, 0.5) is 4.39 Å². The van der Waals surface area contributed by atoms with E-state index in [0.717, 1.165) is 17.5 Å². The maximum absolute atomic E-state index is 13.7. The Morgan fingerprint density at radius 2 is 1.71 bits per heavy atom. The van der Waals surface area contributed by atoms with Gasteiger partial charge >= 0.3 is 0 Å². The monoisotopic (exact) mass is 281 g/mol. The Morgan fingerprint density at radius 1 is 1.00 bits per heavy atom. The van der Waals surface area contributed by atoms with Crippen molar-refractivity contribution in [2.45, 2.75) is 19.0 Å². The fraction of sp³-hybridized carbons (Fsp3) is 0.176. The molecule has 2 aromatic carbocycles. The van der Waals surface area contributed by atoms with Crippen molar-refractivity contribution in [3.63, 3.8) is 0 Å². The van der Waals surface area contributed by atoms with Gasteiger partial charge < -0.3 is 5.73 Å². The Kier molecular flexibility index (Phi) is 3.88. The van der Waals surface area contributed by atoms with Crippen molar-refractivity contribution in [2.24, 2.45) is 15.7 Å². The third-order valence-corrected chi connectivity index (χ3v) is 3.54. The van der Waals surface area contributed by atoms with Gasteiger partial charge in [-0.3, -0.25) is 4.99 Å². The first-order chi connectivity index (χ1) is 10.3. The molecule has 0 aliphatic carbocycles. The van der Waals surface area contributed by atoms with Crippen molar-refractivity contribution < 1.29 is 4.39 Å². The fourth-order valence-electron chi connectivity index (χ4n) is 2.44. The molecule has 2 aromatic rings. The molecule has 0 fully saturated rings. The smallest absolute Gasteiger partial charge is 0.157 e. The molecule has 1 atom stereocenters. The predicted molar refractivity (Wildman–Crippen MR) is 83.3 cm³/mol. The molecule has 1 heterocycles. The lowest BCUT2D eigenvalue weighted by molar-refractivity contribution is 0.625. The normalized spacial score (nSPS) is 17.0. The van der Waals surface area contributed by atoms with Gasteiger partial charge in [0.15, 0.2) is 5.84 Å². The predicted octanol–water partition coefficient (Wildman–Crippen LogP) is 2.73. The summed E-state index contributed by atoms with van der Waals surface area (Å²) in [6.45, 7) is 0.504. The standard InChI is InChI=1S/C17H16FN3/c18-16-8-4-3-7-15(16)17-20-11-14(21-17)9-12-5-1-2-6-13(12)10-19/h1-8,11,14H,9-10,19H2. The maximum atomic E-state index is 13.7. The highest BCUT2D eigenvalue weighted by Gasteiger charge is 2.17. The number of hydrogen-bond acceptors (Lipinski definition) is 3. The number of nitrogens with zero attached hydrogens (tertiary/aromatic N) is 2. The van der Waals surface area contributed by atoms with E-state index in [2.05, 4.69) is 9.98 Å². The summed E-state index contributed by atoms with van der Waals surface area (Å²) >= 11 is 0. The molecule has 0 radical (unpaired) electrons. The molecule has 1 aliphatic heterocycles. The minimum Gasteiger partial charge on any atom is -0.326 e. The van der Waals surface area contributed by atoms with Crippen molar-refractivity contribution in [3.8, 4) is 0 Å². The van der Waals surface area contributed by atoms with Gasteiger partial charge in [-0.15, -0.1) is 0 Å². The van der Waals surface area contributed by atoms with Crippen molar-refractivity contribution in [3.05, 3.63) is 71.0 Å². The van der Waals surface area contributed by atoms with E-state index in [1.807, 2.05) is 24.3 Å². The second-order valence-electron chi connectivity index (χ2n) is 4.96. The van der Waals surface area contributed by atoms with Crippen LogP contribution in [-0.4, -0.2) is 18.1 Å². The zero-order valence-corrected chi connectivity index (χ0v) is 11.5. The van der Waals surface area contributed by atoms with Crippen LogP contribution in [0, 0.1) is 5.82 Å². The largest absolute Gasteiger partial charge is 0.326 e. The number of nitrogens with two attached hydrogens (primary N) is 1. The van der Waals surface area contributed by atoms with Gasteiger partial charge in [-0.2, -0.15) is 0 Å². The Bertz CT molecular complexity index is 707. The molecule has 0 amide bonds. The molecule has 21 heavy (non-hydrogen) atoms. The van der Waals surface area contributed by atoms with Crippen LogP contribution in [0.15, 0.2) is 58.5 Å². The van der Waals surface area contributed by atoms with Gasteiger partial charge in [0, 0.05) is 19.2 Å². The van der Waals surface area contributed by atoms with E-state index in [1.54, 1.807) is 24.4 Å². The highest BCUT2D eigenvalue weighted by molar-refractivity contribution is 6.07. The summed E-state index contributed by atoms with van der Waals surface area (Å²) in [7, 11) is 0. The maximum Gasteiger partial charge on any atom is 0.157 e. The molecule has 0 saturated carbocycles. The molecule has 4 heteroatoms. The first-order valence-corrected chi connectivity index (χ1v) is 6.91. The Hall–Kier alpha value is -2.33. The number of hydrogen-bond donors (Lipinski definition) is 1. The summed E-state index contributed by atoms with van der Waals surface area (Å²) in [5.41, 5.74) is 8.47. The van der Waals surface area contributed by atoms with Crippen molar-refractivity contribution in [1.82, 2.24) is 0 Å². The van der Waals surface area contributed by atoms with E-state index in [9.17, 15) is 4.39 Å². The molecule has 106 valence electrons. The van der Waals surface area contributed by atoms with Crippen LogP contribution in [0.3, 0.4) is 0 Å². The Balaban J connectivity index is 1.81. The summed E-state index contributed by atoms with van der Waals surface area (Å²) in [5, 5.41) is 0. The van der Waals surface area contributed by atoms with Crippen LogP contribution < -0.4 is 5.73 Å². The highest BCUT2D eigenvalue weighted by atomic mass is 19.1. The molecule has 1 unspecified atom stereocenters. The summed E-state index contributed by atoms with van der Waals surface area (Å²) in [5.74, 6) is 0.166. The molecule has 3 rings (SSSR count). The van der Waals surface area contributed by atoms with E-state index >= 15 is 0 Å². The first kappa shape index (κ1) is 13.6. The second-order valence-corrected chi connectivity index (χ2v) is 4.96. The molecule has 0 aromatic heterocycles. The molecule has 3 nitrogen and oxygen atoms in total. The molecule has 0 bridgehead atoms. The van der Waals surface area contributed by atoms with Gasteiger partial charge in [0.2, 0.25) is 0 Å².